The smallest absolute Gasteiger partial charge is 0.416 e. The van der Waals surface area contributed by atoms with Crippen molar-refractivity contribution in [2.45, 2.75) is 54.8 Å². The van der Waals surface area contributed by atoms with Crippen LogP contribution in [-0.4, -0.2) is 42.6 Å². The molecule has 1 saturated heterocycles. The number of benzene rings is 1. The van der Waals surface area contributed by atoms with Crippen molar-refractivity contribution < 1.29 is 40.8 Å². The fourth-order valence-electron chi connectivity index (χ4n) is 2.99. The number of aliphatic carboxylic acids is 1. The molecule has 0 bridgehead atoms. The van der Waals surface area contributed by atoms with E-state index in [1.807, 2.05) is 20.8 Å². The first kappa shape index (κ1) is 25.7. The normalized spacial score (nSPS) is 16.7. The van der Waals surface area contributed by atoms with Crippen LogP contribution in [0.4, 0.5) is 19.0 Å². The SMILES string of the molecule is CC(C)(C)c1cc(N)no1.O=C(O)C1(S(=O)(=O)c2ccc(C(F)(F)F)cc2)CCOCC1. The van der Waals surface area contributed by atoms with Gasteiger partial charge in [-0.25, -0.2) is 8.42 Å². The number of carbonyl (C=O) groups is 1. The Morgan fingerprint density at radius 2 is 1.66 bits per heavy atom. The van der Waals surface area contributed by atoms with Gasteiger partial charge in [-0.2, -0.15) is 13.2 Å². The predicted octanol–water partition coefficient (Wildman–Crippen LogP) is 3.67. The van der Waals surface area contributed by atoms with Crippen molar-refractivity contribution in [3.63, 3.8) is 0 Å². The van der Waals surface area contributed by atoms with Crippen LogP contribution in [0.1, 0.15) is 44.9 Å². The number of halogens is 3. The molecule has 0 amide bonds. The van der Waals surface area contributed by atoms with Gasteiger partial charge in [0.05, 0.1) is 10.5 Å². The average molecular weight is 478 g/mol. The third-order valence-corrected chi connectivity index (χ3v) is 7.47. The summed E-state index contributed by atoms with van der Waals surface area (Å²) in [5.74, 6) is -0.245. The minimum Gasteiger partial charge on any atom is -0.480 e. The van der Waals surface area contributed by atoms with Gasteiger partial charge in [0, 0.05) is 37.5 Å². The zero-order valence-corrected chi connectivity index (χ0v) is 18.6. The Labute approximate surface area is 183 Å². The number of ether oxygens (including phenoxy) is 1. The van der Waals surface area contributed by atoms with E-state index in [1.54, 1.807) is 6.07 Å². The highest BCUT2D eigenvalue weighted by atomic mass is 32.2. The highest BCUT2D eigenvalue weighted by molar-refractivity contribution is 7.93. The van der Waals surface area contributed by atoms with E-state index in [0.29, 0.717) is 18.0 Å². The summed E-state index contributed by atoms with van der Waals surface area (Å²) in [7, 11) is -4.33. The van der Waals surface area contributed by atoms with Crippen molar-refractivity contribution in [3.8, 4) is 0 Å². The summed E-state index contributed by atoms with van der Waals surface area (Å²) < 4.78 is 70.6. The van der Waals surface area contributed by atoms with Crippen molar-refractivity contribution >= 4 is 21.6 Å². The van der Waals surface area contributed by atoms with Gasteiger partial charge in [-0.3, -0.25) is 4.79 Å². The number of hydrogen-bond acceptors (Lipinski definition) is 7. The molecular formula is C20H25F3N2O6S. The molecule has 12 heteroatoms. The molecule has 3 rings (SSSR count). The minimum atomic E-state index is -4.59. The lowest BCUT2D eigenvalue weighted by Gasteiger charge is -2.32. The molecule has 0 aliphatic carbocycles. The number of nitrogen functional groups attached to an aromatic ring is 1. The number of nitrogens with zero attached hydrogens (tertiary/aromatic N) is 1. The van der Waals surface area contributed by atoms with E-state index < -0.39 is 37.2 Å². The Morgan fingerprint density at radius 3 is 2.00 bits per heavy atom. The second-order valence-electron chi connectivity index (χ2n) is 8.30. The number of aromatic nitrogens is 1. The lowest BCUT2D eigenvalue weighted by molar-refractivity contribution is -0.142. The molecule has 8 nitrogen and oxygen atoms in total. The molecule has 3 N–H and O–H groups in total. The molecule has 2 aromatic rings. The third kappa shape index (κ3) is 5.41. The van der Waals surface area contributed by atoms with Gasteiger partial charge in [-0.15, -0.1) is 0 Å². The molecule has 178 valence electrons. The number of hydrogen-bond donors (Lipinski definition) is 2. The first-order valence-electron chi connectivity index (χ1n) is 9.57. The van der Waals surface area contributed by atoms with Gasteiger partial charge < -0.3 is 20.1 Å². The van der Waals surface area contributed by atoms with Crippen LogP contribution < -0.4 is 5.73 Å². The zero-order valence-electron chi connectivity index (χ0n) is 17.8. The summed E-state index contributed by atoms with van der Waals surface area (Å²) >= 11 is 0. The Kier molecular flexibility index (Phi) is 7.30. The highest BCUT2D eigenvalue weighted by Gasteiger charge is 2.52. The van der Waals surface area contributed by atoms with Crippen molar-refractivity contribution in [2.24, 2.45) is 0 Å². The van der Waals surface area contributed by atoms with Crippen LogP contribution >= 0.6 is 0 Å². The summed E-state index contributed by atoms with van der Waals surface area (Å²) in [6.07, 6.45) is -5.08. The van der Waals surface area contributed by atoms with E-state index in [0.717, 1.165) is 17.9 Å². The first-order valence-corrected chi connectivity index (χ1v) is 11.1. The number of nitrogens with two attached hydrogens (primary N) is 1. The van der Waals surface area contributed by atoms with Crippen molar-refractivity contribution in [1.29, 1.82) is 0 Å². The second kappa shape index (κ2) is 9.10. The predicted molar refractivity (Wildman–Crippen MR) is 109 cm³/mol. The molecule has 1 aliphatic rings. The molecular weight excluding hydrogens is 453 g/mol. The molecule has 1 fully saturated rings. The number of carboxylic acids is 1. The number of alkyl halides is 3. The quantitative estimate of drug-likeness (QED) is 0.683. The maximum absolute atomic E-state index is 12.6. The van der Waals surface area contributed by atoms with Gasteiger partial charge in [0.15, 0.2) is 20.4 Å². The van der Waals surface area contributed by atoms with Gasteiger partial charge in [-0.05, 0) is 24.3 Å². The fraction of sp³-hybridized carbons (Fsp3) is 0.500. The highest BCUT2D eigenvalue weighted by Crippen LogP contribution is 2.36. The molecule has 1 aliphatic heterocycles. The van der Waals surface area contributed by atoms with Gasteiger partial charge in [0.25, 0.3) is 0 Å². The molecule has 1 aromatic heterocycles. The van der Waals surface area contributed by atoms with E-state index in [9.17, 15) is 31.5 Å². The Morgan fingerprint density at radius 1 is 1.12 bits per heavy atom. The molecule has 0 spiro atoms. The number of carboxylic acid groups (broad SMARTS) is 1. The third-order valence-electron chi connectivity index (χ3n) is 4.96. The Hall–Kier alpha value is -2.60. The average Bonchev–Trinajstić information content (AvgIpc) is 3.15. The topological polar surface area (TPSA) is 133 Å². The molecule has 0 radical (unpaired) electrons. The number of anilines is 1. The van der Waals surface area contributed by atoms with Crippen LogP contribution in [0.15, 0.2) is 39.8 Å². The van der Waals surface area contributed by atoms with Gasteiger partial charge in [0.2, 0.25) is 0 Å². The van der Waals surface area contributed by atoms with Crippen LogP contribution in [0.3, 0.4) is 0 Å². The van der Waals surface area contributed by atoms with Crippen LogP contribution in [0.2, 0.25) is 0 Å². The van der Waals surface area contributed by atoms with Gasteiger partial charge in [-0.1, -0.05) is 25.9 Å². The zero-order chi connectivity index (χ0) is 24.4. The molecule has 0 saturated carbocycles. The van der Waals surface area contributed by atoms with E-state index in [-0.39, 0.29) is 31.5 Å². The van der Waals surface area contributed by atoms with Crippen LogP contribution in [0.25, 0.3) is 0 Å². The largest absolute Gasteiger partial charge is 0.480 e. The summed E-state index contributed by atoms with van der Waals surface area (Å²) in [6, 6.07) is 4.58. The maximum atomic E-state index is 12.6. The standard InChI is InChI=1S/C13H13F3O5S.C7H12N2O/c14-13(15,16)9-1-3-10(4-2-9)22(19,20)12(11(17)18)5-7-21-8-6-12;1-7(2,3)5-4-6(8)9-10-5/h1-4H,5-8H2,(H,17,18);4H,1-3H3,(H2,8,9). The summed E-state index contributed by atoms with van der Waals surface area (Å²) in [5.41, 5.74) is 4.38. The lowest BCUT2D eigenvalue weighted by Crippen LogP contribution is -2.50. The van der Waals surface area contributed by atoms with E-state index in [4.69, 9.17) is 15.0 Å². The Balaban J connectivity index is 0.000000303. The monoisotopic (exact) mass is 478 g/mol. The van der Waals surface area contributed by atoms with E-state index >= 15 is 0 Å². The molecule has 0 atom stereocenters. The van der Waals surface area contributed by atoms with Crippen LogP contribution in [0.5, 0.6) is 0 Å². The van der Waals surface area contributed by atoms with Gasteiger partial charge >= 0.3 is 12.1 Å². The molecule has 32 heavy (non-hydrogen) atoms. The van der Waals surface area contributed by atoms with Crippen molar-refractivity contribution in [3.05, 3.63) is 41.7 Å². The Bertz CT molecular complexity index is 1030. The van der Waals surface area contributed by atoms with Crippen molar-refractivity contribution in [1.82, 2.24) is 5.16 Å². The number of sulfone groups is 1. The fourth-order valence-corrected chi connectivity index (χ4v) is 4.87. The molecule has 0 unspecified atom stereocenters. The lowest BCUT2D eigenvalue weighted by atomic mass is 9.93. The van der Waals surface area contributed by atoms with E-state index in [1.165, 1.54) is 0 Å². The summed E-state index contributed by atoms with van der Waals surface area (Å²) in [5, 5.41) is 12.9. The van der Waals surface area contributed by atoms with Crippen LogP contribution in [0, 0.1) is 0 Å². The first-order chi connectivity index (χ1) is 14.6. The molecule has 1 aromatic carbocycles. The van der Waals surface area contributed by atoms with Crippen LogP contribution in [-0.2, 0) is 31.0 Å². The van der Waals surface area contributed by atoms with Crippen molar-refractivity contribution in [2.75, 3.05) is 18.9 Å². The van der Waals surface area contributed by atoms with Gasteiger partial charge in [0.1, 0.15) is 5.76 Å². The molecule has 2 heterocycles. The second-order valence-corrected chi connectivity index (χ2v) is 10.6. The maximum Gasteiger partial charge on any atom is 0.416 e. The summed E-state index contributed by atoms with van der Waals surface area (Å²) in [4.78, 5) is 11.1. The number of rotatable bonds is 3. The minimum absolute atomic E-state index is 0.00458. The summed E-state index contributed by atoms with van der Waals surface area (Å²) in [6.45, 7) is 6.07. The van der Waals surface area contributed by atoms with E-state index in [2.05, 4.69) is 5.16 Å².